The van der Waals surface area contributed by atoms with E-state index in [2.05, 4.69) is 43.0 Å². The van der Waals surface area contributed by atoms with Crippen molar-refractivity contribution in [2.24, 2.45) is 5.92 Å². The number of rotatable bonds is 8. The second-order valence-electron chi connectivity index (χ2n) is 9.89. The number of aliphatic hydroxyl groups is 1. The van der Waals surface area contributed by atoms with Crippen LogP contribution in [0.15, 0.2) is 48.5 Å². The summed E-state index contributed by atoms with van der Waals surface area (Å²) < 4.78 is 10.7. The number of anilines is 1. The van der Waals surface area contributed by atoms with Gasteiger partial charge in [-0.05, 0) is 74.6 Å². The molecule has 0 spiro atoms. The van der Waals surface area contributed by atoms with E-state index in [4.69, 9.17) is 9.47 Å². The standard InChI is InChI=1S/C30H40N2O4/c1-5-31(6-2)24-14-12-23(13-15-24)29-25-9-7-8-18-30(25,34)19-20-32(29)28(33)17-11-22-10-16-26(35-3)27(21-22)36-4/h10-17,21,25,29,34H,5-9,18-20H2,1-4H3/b17-11+/t25-,29-,30+/m0/s1. The maximum Gasteiger partial charge on any atom is 0.247 e. The van der Waals surface area contributed by atoms with Crippen molar-refractivity contribution in [1.29, 1.82) is 0 Å². The van der Waals surface area contributed by atoms with Gasteiger partial charge in [-0.15, -0.1) is 0 Å². The fourth-order valence-electron chi connectivity index (χ4n) is 6.03. The Morgan fingerprint density at radius 1 is 1.06 bits per heavy atom. The number of hydrogen-bond acceptors (Lipinski definition) is 5. The quantitative estimate of drug-likeness (QED) is 0.496. The van der Waals surface area contributed by atoms with Crippen molar-refractivity contribution >= 4 is 17.7 Å². The molecule has 1 amide bonds. The summed E-state index contributed by atoms with van der Waals surface area (Å²) in [6.07, 6.45) is 7.98. The molecule has 1 aliphatic carbocycles. The number of benzene rings is 2. The molecule has 1 saturated heterocycles. The Hall–Kier alpha value is -2.99. The van der Waals surface area contributed by atoms with Gasteiger partial charge >= 0.3 is 0 Å². The Morgan fingerprint density at radius 2 is 1.78 bits per heavy atom. The molecule has 4 rings (SSSR count). The molecule has 1 aliphatic heterocycles. The van der Waals surface area contributed by atoms with E-state index in [-0.39, 0.29) is 17.9 Å². The number of carbonyl (C=O) groups is 1. The average Bonchev–Trinajstić information content (AvgIpc) is 2.91. The van der Waals surface area contributed by atoms with Crippen LogP contribution in [0.25, 0.3) is 6.08 Å². The van der Waals surface area contributed by atoms with Crippen LogP contribution in [-0.2, 0) is 4.79 Å². The van der Waals surface area contributed by atoms with Crippen LogP contribution >= 0.6 is 0 Å². The van der Waals surface area contributed by atoms with Crippen LogP contribution in [0.1, 0.15) is 63.1 Å². The van der Waals surface area contributed by atoms with Crippen molar-refractivity contribution in [2.75, 3.05) is 38.8 Å². The highest BCUT2D eigenvalue weighted by Crippen LogP contribution is 2.49. The lowest BCUT2D eigenvalue weighted by Crippen LogP contribution is -2.56. The molecule has 2 aliphatic rings. The van der Waals surface area contributed by atoms with Crippen molar-refractivity contribution in [3.05, 3.63) is 59.7 Å². The van der Waals surface area contributed by atoms with Crippen molar-refractivity contribution in [3.63, 3.8) is 0 Å². The number of methoxy groups -OCH3 is 2. The third-order valence-corrected chi connectivity index (χ3v) is 8.04. The summed E-state index contributed by atoms with van der Waals surface area (Å²) in [7, 11) is 3.21. The zero-order chi connectivity index (χ0) is 25.7. The van der Waals surface area contributed by atoms with Gasteiger partial charge in [0.25, 0.3) is 0 Å². The smallest absolute Gasteiger partial charge is 0.247 e. The number of likely N-dealkylation sites (tertiary alicyclic amines) is 1. The van der Waals surface area contributed by atoms with Crippen LogP contribution in [0.4, 0.5) is 5.69 Å². The first-order chi connectivity index (χ1) is 17.4. The molecule has 1 saturated carbocycles. The molecule has 2 aromatic carbocycles. The normalized spacial score (nSPS) is 23.9. The second-order valence-corrected chi connectivity index (χ2v) is 9.89. The molecule has 0 bridgehead atoms. The fraction of sp³-hybridized carbons (Fsp3) is 0.500. The van der Waals surface area contributed by atoms with E-state index in [0.29, 0.717) is 24.5 Å². The van der Waals surface area contributed by atoms with E-state index in [1.165, 1.54) is 5.69 Å². The monoisotopic (exact) mass is 492 g/mol. The Kier molecular flexibility index (Phi) is 8.24. The Morgan fingerprint density at radius 3 is 2.44 bits per heavy atom. The first kappa shape index (κ1) is 26.1. The molecule has 3 atom stereocenters. The van der Waals surface area contributed by atoms with Crippen LogP contribution in [0, 0.1) is 5.92 Å². The van der Waals surface area contributed by atoms with Gasteiger partial charge in [0.15, 0.2) is 11.5 Å². The number of amides is 1. The number of ether oxygens (including phenoxy) is 2. The molecule has 36 heavy (non-hydrogen) atoms. The minimum absolute atomic E-state index is 0.0322. The van der Waals surface area contributed by atoms with Crippen molar-refractivity contribution in [2.45, 2.75) is 57.6 Å². The molecular formula is C30H40N2O4. The SMILES string of the molecule is CCN(CC)c1ccc([C@H]2[C@@H]3CCCC[C@@]3(O)CCN2C(=O)/C=C/c2ccc(OC)c(OC)c2)cc1. The lowest BCUT2D eigenvalue weighted by Gasteiger charge is -2.52. The topological polar surface area (TPSA) is 62.2 Å². The highest BCUT2D eigenvalue weighted by Gasteiger charge is 2.49. The minimum atomic E-state index is -0.704. The number of piperidine rings is 1. The summed E-state index contributed by atoms with van der Waals surface area (Å²) in [4.78, 5) is 17.9. The molecule has 1 N–H and O–H groups in total. The minimum Gasteiger partial charge on any atom is -0.493 e. The molecule has 2 aromatic rings. The van der Waals surface area contributed by atoms with Gasteiger partial charge in [0.05, 0.1) is 25.9 Å². The Labute approximate surface area is 215 Å². The van der Waals surface area contributed by atoms with Gasteiger partial charge in [-0.25, -0.2) is 0 Å². The van der Waals surface area contributed by atoms with Gasteiger partial charge in [-0.1, -0.05) is 31.0 Å². The highest BCUT2D eigenvalue weighted by molar-refractivity contribution is 5.92. The molecule has 0 radical (unpaired) electrons. The lowest BCUT2D eigenvalue weighted by molar-refractivity contribution is -0.150. The van der Waals surface area contributed by atoms with E-state index >= 15 is 0 Å². The van der Waals surface area contributed by atoms with Crippen LogP contribution in [0.3, 0.4) is 0 Å². The van der Waals surface area contributed by atoms with E-state index in [1.54, 1.807) is 20.3 Å². The van der Waals surface area contributed by atoms with Crippen molar-refractivity contribution < 1.29 is 19.4 Å². The van der Waals surface area contributed by atoms with Crippen LogP contribution in [0.5, 0.6) is 11.5 Å². The average molecular weight is 493 g/mol. The molecule has 0 unspecified atom stereocenters. The summed E-state index contributed by atoms with van der Waals surface area (Å²) >= 11 is 0. The van der Waals surface area contributed by atoms with Crippen LogP contribution in [0.2, 0.25) is 0 Å². The summed E-state index contributed by atoms with van der Waals surface area (Å²) in [5, 5.41) is 11.6. The molecule has 1 heterocycles. The molecule has 2 fully saturated rings. The van der Waals surface area contributed by atoms with E-state index in [9.17, 15) is 9.90 Å². The third-order valence-electron chi connectivity index (χ3n) is 8.04. The number of nitrogens with zero attached hydrogens (tertiary/aromatic N) is 2. The van der Waals surface area contributed by atoms with Crippen LogP contribution in [-0.4, -0.2) is 55.4 Å². The number of carbonyl (C=O) groups excluding carboxylic acids is 1. The summed E-state index contributed by atoms with van der Waals surface area (Å²) in [5.74, 6) is 1.29. The van der Waals surface area contributed by atoms with E-state index in [1.807, 2.05) is 29.2 Å². The predicted molar refractivity (Wildman–Crippen MR) is 145 cm³/mol. The molecule has 6 heteroatoms. The Bertz CT molecular complexity index is 1060. The fourth-order valence-corrected chi connectivity index (χ4v) is 6.03. The summed E-state index contributed by atoms with van der Waals surface area (Å²) in [6, 6.07) is 14.1. The van der Waals surface area contributed by atoms with Crippen LogP contribution < -0.4 is 14.4 Å². The predicted octanol–water partition coefficient (Wildman–Crippen LogP) is 5.46. The lowest BCUT2D eigenvalue weighted by atomic mass is 9.66. The second kappa shape index (κ2) is 11.4. The van der Waals surface area contributed by atoms with Gasteiger partial charge in [-0.3, -0.25) is 4.79 Å². The first-order valence-corrected chi connectivity index (χ1v) is 13.2. The summed E-state index contributed by atoms with van der Waals surface area (Å²) in [5.41, 5.74) is 2.45. The maximum atomic E-state index is 13.6. The van der Waals surface area contributed by atoms with Crippen molar-refractivity contribution in [3.8, 4) is 11.5 Å². The third kappa shape index (κ3) is 5.24. The van der Waals surface area contributed by atoms with Gasteiger partial charge in [0, 0.05) is 37.3 Å². The number of fused-ring (bicyclic) bond motifs is 1. The van der Waals surface area contributed by atoms with Gasteiger partial charge in [0.1, 0.15) is 0 Å². The van der Waals surface area contributed by atoms with Gasteiger partial charge < -0.3 is 24.4 Å². The largest absolute Gasteiger partial charge is 0.493 e. The molecule has 194 valence electrons. The van der Waals surface area contributed by atoms with E-state index in [0.717, 1.165) is 49.9 Å². The molecule has 0 aromatic heterocycles. The van der Waals surface area contributed by atoms with Gasteiger partial charge in [0.2, 0.25) is 5.91 Å². The first-order valence-electron chi connectivity index (χ1n) is 13.2. The Balaban J connectivity index is 1.63. The van der Waals surface area contributed by atoms with Crippen molar-refractivity contribution in [1.82, 2.24) is 4.90 Å². The molecular weight excluding hydrogens is 452 g/mol. The number of hydrogen-bond donors (Lipinski definition) is 1. The molecule has 6 nitrogen and oxygen atoms in total. The highest BCUT2D eigenvalue weighted by atomic mass is 16.5. The zero-order valence-corrected chi connectivity index (χ0v) is 22.1. The van der Waals surface area contributed by atoms with E-state index < -0.39 is 5.60 Å². The van der Waals surface area contributed by atoms with Gasteiger partial charge in [-0.2, -0.15) is 0 Å². The summed E-state index contributed by atoms with van der Waals surface area (Å²) in [6.45, 7) is 6.77. The maximum absolute atomic E-state index is 13.6. The zero-order valence-electron chi connectivity index (χ0n) is 22.1.